The quantitative estimate of drug-likeness (QED) is 0.378. The molecule has 0 aromatic heterocycles. The maximum Gasteiger partial charge on any atom is 0.159 e. The minimum Gasteiger partial charge on any atom is -0.380 e. The first-order valence-electron chi connectivity index (χ1n) is 11.6. The molecule has 2 N–H and O–H groups in total. The molecule has 0 amide bonds. The summed E-state index contributed by atoms with van der Waals surface area (Å²) in [5, 5.41) is 24.1. The van der Waals surface area contributed by atoms with Crippen molar-refractivity contribution in [2.24, 2.45) is 9.98 Å². The largest absolute Gasteiger partial charge is 0.380 e. The molecule has 0 atom stereocenters. The summed E-state index contributed by atoms with van der Waals surface area (Å²) >= 11 is 0. The summed E-state index contributed by atoms with van der Waals surface area (Å²) in [6.07, 6.45) is 3.58. The molecule has 0 saturated heterocycles. The summed E-state index contributed by atoms with van der Waals surface area (Å²) in [7, 11) is 0. The highest BCUT2D eigenvalue weighted by atomic mass is 16.3. The normalized spacial score (nSPS) is 14.8. The Morgan fingerprint density at radius 2 is 0.971 bits per heavy atom. The molecule has 172 valence electrons. The minimum absolute atomic E-state index is 0.256. The van der Waals surface area contributed by atoms with Crippen LogP contribution in [0.5, 0.6) is 0 Å². The zero-order valence-corrected chi connectivity index (χ0v) is 19.2. The van der Waals surface area contributed by atoms with Gasteiger partial charge in [-0.25, -0.2) is 9.98 Å². The predicted molar refractivity (Wildman–Crippen MR) is 140 cm³/mol. The monoisotopic (exact) mass is 458 g/mol. The molecule has 0 bridgehead atoms. The topological polar surface area (TPSA) is 65.2 Å². The summed E-state index contributed by atoms with van der Waals surface area (Å²) in [4.78, 5) is 9.00. The van der Waals surface area contributed by atoms with Gasteiger partial charge in [-0.05, 0) is 22.3 Å². The van der Waals surface area contributed by atoms with Gasteiger partial charge < -0.3 is 10.2 Å². The molecule has 1 heterocycles. The smallest absolute Gasteiger partial charge is 0.159 e. The maximum atomic E-state index is 12.2. The Hall–Kier alpha value is -4.12. The van der Waals surface area contributed by atoms with Gasteiger partial charge >= 0.3 is 0 Å². The first-order chi connectivity index (χ1) is 17.1. The lowest BCUT2D eigenvalue weighted by molar-refractivity contribution is 0.0839. The molecule has 1 aliphatic heterocycles. The van der Waals surface area contributed by atoms with Crippen LogP contribution in [0.1, 0.15) is 28.7 Å². The van der Waals surface area contributed by atoms with Crippen LogP contribution in [0.15, 0.2) is 143 Å². The molecule has 0 saturated carbocycles. The second kappa shape index (κ2) is 9.63. The third-order valence-corrected chi connectivity index (χ3v) is 6.45. The van der Waals surface area contributed by atoms with Crippen LogP contribution in [0.2, 0.25) is 0 Å². The molecular weight excluding hydrogens is 432 g/mol. The van der Waals surface area contributed by atoms with Gasteiger partial charge in [-0.2, -0.15) is 0 Å². The van der Waals surface area contributed by atoms with Gasteiger partial charge in [0.05, 0.1) is 5.70 Å². The molecule has 35 heavy (non-hydrogen) atoms. The van der Waals surface area contributed by atoms with Gasteiger partial charge in [0.1, 0.15) is 17.7 Å². The molecule has 0 fully saturated rings. The summed E-state index contributed by atoms with van der Waals surface area (Å²) in [5.41, 5.74) is 1.16. The number of aliphatic hydroxyl groups is 2. The van der Waals surface area contributed by atoms with Gasteiger partial charge in [0.25, 0.3) is 0 Å². The average molecular weight is 459 g/mol. The Balaban J connectivity index is 1.58. The van der Waals surface area contributed by atoms with E-state index in [9.17, 15) is 10.2 Å². The van der Waals surface area contributed by atoms with E-state index in [2.05, 4.69) is 9.98 Å². The summed E-state index contributed by atoms with van der Waals surface area (Å²) in [5.74, 6) is 0. The molecule has 4 aromatic carbocycles. The molecule has 4 aromatic rings. The van der Waals surface area contributed by atoms with Crippen molar-refractivity contribution in [3.8, 4) is 0 Å². The number of aliphatic imine (C=N–C) groups is 2. The third kappa shape index (κ3) is 4.26. The van der Waals surface area contributed by atoms with Crippen LogP contribution in [0, 0.1) is 0 Å². The Kier molecular flexibility index (Phi) is 6.23. The summed E-state index contributed by atoms with van der Waals surface area (Å²) in [6, 6.07) is 38.2. The molecule has 0 aliphatic carbocycles. The van der Waals surface area contributed by atoms with Crippen LogP contribution in [0.4, 0.5) is 0 Å². The fraction of sp³-hybridized carbons (Fsp3) is 0.0968. The SMILES string of the molecule is OC(C/C=C1/N=CN=C1C(O)(c1ccccc1)c1ccccc1)(c1ccccc1)c1ccccc1. The van der Waals surface area contributed by atoms with Gasteiger partial charge in [-0.3, -0.25) is 0 Å². The molecule has 0 radical (unpaired) electrons. The number of benzene rings is 4. The standard InChI is InChI=1S/C31H26N2O2/c34-30(24-13-5-1-6-14-24,25-15-7-2-8-16-25)22-21-28-29(33-23-32-28)31(35,26-17-9-3-10-18-26)27-19-11-4-12-20-27/h1-21,23,34-35H,22H2/b28-21+. The van der Waals surface area contributed by atoms with Crippen LogP contribution in [0.3, 0.4) is 0 Å². The number of nitrogens with zero attached hydrogens (tertiary/aromatic N) is 2. The second-order valence-electron chi connectivity index (χ2n) is 8.55. The first-order valence-corrected chi connectivity index (χ1v) is 11.6. The van der Waals surface area contributed by atoms with E-state index < -0.39 is 11.2 Å². The van der Waals surface area contributed by atoms with E-state index in [1.165, 1.54) is 6.34 Å². The lowest BCUT2D eigenvalue weighted by Crippen LogP contribution is -2.37. The molecule has 0 unspecified atom stereocenters. The Morgan fingerprint density at radius 3 is 1.40 bits per heavy atom. The molecule has 0 spiro atoms. The highest BCUT2D eigenvalue weighted by molar-refractivity contribution is 6.14. The van der Waals surface area contributed by atoms with Crippen LogP contribution in [0.25, 0.3) is 0 Å². The lowest BCUT2D eigenvalue weighted by atomic mass is 9.79. The third-order valence-electron chi connectivity index (χ3n) is 6.45. The van der Waals surface area contributed by atoms with Gasteiger partial charge in [0.15, 0.2) is 5.60 Å². The van der Waals surface area contributed by atoms with E-state index in [1.54, 1.807) is 0 Å². The van der Waals surface area contributed by atoms with Crippen molar-refractivity contribution in [2.45, 2.75) is 17.6 Å². The van der Waals surface area contributed by atoms with Crippen LogP contribution >= 0.6 is 0 Å². The maximum absolute atomic E-state index is 12.2. The van der Waals surface area contributed by atoms with E-state index in [0.717, 1.165) is 11.1 Å². The Bertz CT molecular complexity index is 1280. The molecular formula is C31H26N2O2. The van der Waals surface area contributed by atoms with Gasteiger partial charge in [0.2, 0.25) is 0 Å². The van der Waals surface area contributed by atoms with Crippen molar-refractivity contribution in [3.05, 3.63) is 155 Å². The Morgan fingerprint density at radius 1 is 0.571 bits per heavy atom. The average Bonchev–Trinajstić information content (AvgIpc) is 3.42. The van der Waals surface area contributed by atoms with Crippen LogP contribution in [-0.4, -0.2) is 22.3 Å². The first kappa shape index (κ1) is 22.7. The van der Waals surface area contributed by atoms with E-state index in [1.807, 2.05) is 127 Å². The lowest BCUT2D eigenvalue weighted by Gasteiger charge is -2.31. The summed E-state index contributed by atoms with van der Waals surface area (Å²) in [6.45, 7) is 0. The van der Waals surface area contributed by atoms with Crippen molar-refractivity contribution in [1.29, 1.82) is 0 Å². The number of hydrogen-bond donors (Lipinski definition) is 2. The molecule has 5 rings (SSSR count). The minimum atomic E-state index is -1.50. The molecule has 1 aliphatic rings. The van der Waals surface area contributed by atoms with Gasteiger partial charge in [-0.15, -0.1) is 0 Å². The van der Waals surface area contributed by atoms with E-state index in [4.69, 9.17) is 0 Å². The van der Waals surface area contributed by atoms with Crippen LogP contribution < -0.4 is 0 Å². The van der Waals surface area contributed by atoms with Crippen molar-refractivity contribution in [3.63, 3.8) is 0 Å². The van der Waals surface area contributed by atoms with E-state index >= 15 is 0 Å². The van der Waals surface area contributed by atoms with E-state index in [-0.39, 0.29) is 6.42 Å². The van der Waals surface area contributed by atoms with E-state index in [0.29, 0.717) is 22.5 Å². The fourth-order valence-corrected chi connectivity index (χ4v) is 4.58. The number of hydrogen-bond acceptors (Lipinski definition) is 4. The fourth-order valence-electron chi connectivity index (χ4n) is 4.58. The van der Waals surface area contributed by atoms with Crippen molar-refractivity contribution in [2.75, 3.05) is 0 Å². The highest BCUT2D eigenvalue weighted by Gasteiger charge is 2.41. The predicted octanol–water partition coefficient (Wildman–Crippen LogP) is 5.62. The Labute approximate surface area is 205 Å². The van der Waals surface area contributed by atoms with Crippen molar-refractivity contribution in [1.82, 2.24) is 0 Å². The zero-order chi connectivity index (χ0) is 24.1. The van der Waals surface area contributed by atoms with Crippen molar-refractivity contribution < 1.29 is 10.2 Å². The highest BCUT2D eigenvalue weighted by Crippen LogP contribution is 2.38. The second-order valence-corrected chi connectivity index (χ2v) is 8.55. The molecule has 4 heteroatoms. The molecule has 4 nitrogen and oxygen atoms in total. The zero-order valence-electron chi connectivity index (χ0n) is 19.2. The van der Waals surface area contributed by atoms with Gasteiger partial charge in [0, 0.05) is 6.42 Å². The number of rotatable bonds is 7. The van der Waals surface area contributed by atoms with Crippen LogP contribution in [-0.2, 0) is 11.2 Å². The van der Waals surface area contributed by atoms with Crippen molar-refractivity contribution >= 4 is 12.1 Å². The van der Waals surface area contributed by atoms with Gasteiger partial charge in [-0.1, -0.05) is 127 Å². The summed E-state index contributed by atoms with van der Waals surface area (Å²) < 4.78 is 0.